The van der Waals surface area contributed by atoms with Gasteiger partial charge >= 0.3 is 0 Å². The highest BCUT2D eigenvalue weighted by Crippen LogP contribution is 2.25. The standard InChI is InChI=1S/C12H14ClFN2O2/c1-6-2-10(8(13)4-9(6)14)16-12(18)11-3-7(17)5-15-11/h2,4,7,11,15,17H,3,5H2,1H3,(H,16,18). The first kappa shape index (κ1) is 13.3. The van der Waals surface area contributed by atoms with Gasteiger partial charge in [-0.15, -0.1) is 0 Å². The van der Waals surface area contributed by atoms with Gasteiger partial charge in [0.2, 0.25) is 5.91 Å². The Morgan fingerprint density at radius 1 is 1.61 bits per heavy atom. The molecule has 0 spiro atoms. The SMILES string of the molecule is Cc1cc(NC(=O)C2CC(O)CN2)c(Cl)cc1F. The number of hydrogen-bond donors (Lipinski definition) is 3. The summed E-state index contributed by atoms with van der Waals surface area (Å²) in [5.41, 5.74) is 0.790. The molecule has 0 radical (unpaired) electrons. The fraction of sp³-hybridized carbons (Fsp3) is 0.417. The molecular formula is C12H14ClFN2O2. The zero-order valence-electron chi connectivity index (χ0n) is 9.84. The zero-order chi connectivity index (χ0) is 13.3. The van der Waals surface area contributed by atoms with Gasteiger partial charge in [-0.05, 0) is 31.0 Å². The molecule has 1 aliphatic heterocycles. The predicted octanol–water partition coefficient (Wildman–Crippen LogP) is 1.45. The average molecular weight is 273 g/mol. The molecule has 1 heterocycles. The molecule has 1 aromatic rings. The van der Waals surface area contributed by atoms with Crippen LogP contribution >= 0.6 is 11.6 Å². The summed E-state index contributed by atoms with van der Waals surface area (Å²) in [4.78, 5) is 11.9. The Morgan fingerprint density at radius 2 is 2.33 bits per heavy atom. The van der Waals surface area contributed by atoms with Gasteiger partial charge in [0, 0.05) is 6.54 Å². The molecule has 0 aliphatic carbocycles. The first-order chi connectivity index (χ1) is 8.47. The highest BCUT2D eigenvalue weighted by Gasteiger charge is 2.28. The van der Waals surface area contributed by atoms with Crippen LogP contribution < -0.4 is 10.6 Å². The lowest BCUT2D eigenvalue weighted by Crippen LogP contribution is -2.35. The van der Waals surface area contributed by atoms with Gasteiger partial charge in [-0.25, -0.2) is 4.39 Å². The van der Waals surface area contributed by atoms with Crippen LogP contribution in [0.5, 0.6) is 0 Å². The van der Waals surface area contributed by atoms with Crippen molar-refractivity contribution in [3.8, 4) is 0 Å². The Balaban J connectivity index is 2.09. The molecule has 18 heavy (non-hydrogen) atoms. The monoisotopic (exact) mass is 272 g/mol. The molecule has 1 amide bonds. The Kier molecular flexibility index (Phi) is 3.85. The van der Waals surface area contributed by atoms with E-state index in [1.165, 1.54) is 12.1 Å². The highest BCUT2D eigenvalue weighted by atomic mass is 35.5. The van der Waals surface area contributed by atoms with Gasteiger partial charge < -0.3 is 15.7 Å². The number of nitrogens with one attached hydrogen (secondary N) is 2. The Morgan fingerprint density at radius 3 is 2.94 bits per heavy atom. The van der Waals surface area contributed by atoms with E-state index in [0.717, 1.165) is 0 Å². The van der Waals surface area contributed by atoms with Crippen LogP contribution in [0.25, 0.3) is 0 Å². The van der Waals surface area contributed by atoms with E-state index in [9.17, 15) is 14.3 Å². The third-order valence-electron chi connectivity index (χ3n) is 2.93. The smallest absolute Gasteiger partial charge is 0.241 e. The van der Waals surface area contributed by atoms with Crippen molar-refractivity contribution in [2.75, 3.05) is 11.9 Å². The van der Waals surface area contributed by atoms with Crippen LogP contribution in [0.4, 0.5) is 10.1 Å². The lowest BCUT2D eigenvalue weighted by atomic mass is 10.1. The van der Waals surface area contributed by atoms with E-state index < -0.39 is 18.0 Å². The number of aliphatic hydroxyl groups excluding tert-OH is 1. The van der Waals surface area contributed by atoms with Crippen LogP contribution in [0.3, 0.4) is 0 Å². The number of carbonyl (C=O) groups excluding carboxylic acids is 1. The van der Waals surface area contributed by atoms with Crippen molar-refractivity contribution in [3.63, 3.8) is 0 Å². The second kappa shape index (κ2) is 5.22. The van der Waals surface area contributed by atoms with Gasteiger partial charge in [0.05, 0.1) is 22.9 Å². The molecule has 1 aliphatic rings. The molecule has 2 rings (SSSR count). The van der Waals surface area contributed by atoms with Crippen molar-refractivity contribution in [3.05, 3.63) is 28.5 Å². The fourth-order valence-electron chi connectivity index (χ4n) is 1.89. The van der Waals surface area contributed by atoms with Crippen LogP contribution in [-0.2, 0) is 4.79 Å². The lowest BCUT2D eigenvalue weighted by molar-refractivity contribution is -0.117. The number of halogens is 2. The van der Waals surface area contributed by atoms with Gasteiger partial charge in [0.25, 0.3) is 0 Å². The number of β-amino-alcohol motifs (C(OH)–C–C–N with tert-alkyl or cyclic N) is 1. The minimum absolute atomic E-state index is 0.157. The fourth-order valence-corrected chi connectivity index (χ4v) is 2.09. The third-order valence-corrected chi connectivity index (χ3v) is 3.24. The Hall–Kier alpha value is -1.17. The second-order valence-corrected chi connectivity index (χ2v) is 4.83. The van der Waals surface area contributed by atoms with Crippen molar-refractivity contribution in [2.45, 2.75) is 25.5 Å². The third kappa shape index (κ3) is 2.80. The van der Waals surface area contributed by atoms with Crippen LogP contribution in [-0.4, -0.2) is 29.7 Å². The molecule has 0 saturated carbocycles. The van der Waals surface area contributed by atoms with E-state index in [-0.39, 0.29) is 10.9 Å². The largest absolute Gasteiger partial charge is 0.392 e. The molecule has 0 bridgehead atoms. The summed E-state index contributed by atoms with van der Waals surface area (Å²) < 4.78 is 13.2. The first-order valence-corrected chi connectivity index (χ1v) is 6.03. The molecule has 1 saturated heterocycles. The van der Waals surface area contributed by atoms with Crippen molar-refractivity contribution < 1.29 is 14.3 Å². The number of aliphatic hydroxyl groups is 1. The van der Waals surface area contributed by atoms with Crippen molar-refractivity contribution in [1.29, 1.82) is 0 Å². The molecular weight excluding hydrogens is 259 g/mol. The Labute approximate surface area is 109 Å². The van der Waals surface area contributed by atoms with Gasteiger partial charge in [-0.2, -0.15) is 0 Å². The number of carbonyl (C=O) groups is 1. The lowest BCUT2D eigenvalue weighted by Gasteiger charge is -2.13. The number of aryl methyl sites for hydroxylation is 1. The molecule has 2 unspecified atom stereocenters. The van der Waals surface area contributed by atoms with E-state index in [4.69, 9.17) is 11.6 Å². The molecule has 98 valence electrons. The summed E-state index contributed by atoms with van der Waals surface area (Å²) in [6.45, 7) is 1.99. The van der Waals surface area contributed by atoms with Crippen molar-refractivity contribution >= 4 is 23.2 Å². The number of benzene rings is 1. The molecule has 0 aromatic heterocycles. The van der Waals surface area contributed by atoms with Crippen LogP contribution in [0.2, 0.25) is 5.02 Å². The minimum atomic E-state index is -0.508. The Bertz CT molecular complexity index is 481. The predicted molar refractivity (Wildman–Crippen MR) is 67.2 cm³/mol. The van der Waals surface area contributed by atoms with E-state index >= 15 is 0 Å². The maximum Gasteiger partial charge on any atom is 0.241 e. The normalized spacial score (nSPS) is 23.1. The molecule has 6 heteroatoms. The molecule has 1 aromatic carbocycles. The summed E-state index contributed by atoms with van der Waals surface area (Å²) in [7, 11) is 0. The van der Waals surface area contributed by atoms with Crippen molar-refractivity contribution in [1.82, 2.24) is 5.32 Å². The summed E-state index contributed by atoms with van der Waals surface area (Å²) in [5.74, 6) is -0.688. The van der Waals surface area contributed by atoms with E-state index in [0.29, 0.717) is 24.2 Å². The number of hydrogen-bond acceptors (Lipinski definition) is 3. The maximum absolute atomic E-state index is 13.2. The van der Waals surface area contributed by atoms with Crippen LogP contribution in [0, 0.1) is 12.7 Å². The number of amides is 1. The number of rotatable bonds is 2. The zero-order valence-corrected chi connectivity index (χ0v) is 10.6. The first-order valence-electron chi connectivity index (χ1n) is 5.65. The summed E-state index contributed by atoms with van der Waals surface area (Å²) in [6.07, 6.45) is -0.143. The van der Waals surface area contributed by atoms with Crippen LogP contribution in [0.1, 0.15) is 12.0 Å². The van der Waals surface area contributed by atoms with Gasteiger partial charge in [0.15, 0.2) is 0 Å². The van der Waals surface area contributed by atoms with Crippen molar-refractivity contribution in [2.24, 2.45) is 0 Å². The minimum Gasteiger partial charge on any atom is -0.392 e. The molecule has 1 fully saturated rings. The van der Waals surface area contributed by atoms with Gasteiger partial charge in [-0.3, -0.25) is 4.79 Å². The van der Waals surface area contributed by atoms with Gasteiger partial charge in [0.1, 0.15) is 5.82 Å². The second-order valence-electron chi connectivity index (χ2n) is 4.42. The molecule has 3 N–H and O–H groups in total. The summed E-state index contributed by atoms with van der Waals surface area (Å²) >= 11 is 5.86. The molecule has 4 nitrogen and oxygen atoms in total. The number of anilines is 1. The maximum atomic E-state index is 13.2. The summed E-state index contributed by atoms with van der Waals surface area (Å²) in [6, 6.07) is 2.21. The summed E-state index contributed by atoms with van der Waals surface area (Å²) in [5, 5.41) is 15.0. The van der Waals surface area contributed by atoms with E-state index in [1.807, 2.05) is 0 Å². The van der Waals surface area contributed by atoms with Gasteiger partial charge in [-0.1, -0.05) is 11.6 Å². The topological polar surface area (TPSA) is 61.4 Å². The van der Waals surface area contributed by atoms with Crippen LogP contribution in [0.15, 0.2) is 12.1 Å². The van der Waals surface area contributed by atoms with E-state index in [2.05, 4.69) is 10.6 Å². The quantitative estimate of drug-likeness (QED) is 0.764. The molecule has 2 atom stereocenters. The van der Waals surface area contributed by atoms with E-state index in [1.54, 1.807) is 6.92 Å². The average Bonchev–Trinajstić information content (AvgIpc) is 2.73. The highest BCUT2D eigenvalue weighted by molar-refractivity contribution is 6.33.